The lowest BCUT2D eigenvalue weighted by Gasteiger charge is -2.05. The van der Waals surface area contributed by atoms with E-state index in [0.29, 0.717) is 5.52 Å². The monoisotopic (exact) mass is 290 g/mol. The fraction of sp³-hybridized carbons (Fsp3) is 0.300. The topological polar surface area (TPSA) is 56.0 Å². The Morgan fingerprint density at radius 1 is 1.41 bits per heavy atom. The van der Waals surface area contributed by atoms with E-state index in [0.717, 1.165) is 27.2 Å². The van der Waals surface area contributed by atoms with Gasteiger partial charge in [-0.25, -0.2) is 4.98 Å². The van der Waals surface area contributed by atoms with Crippen LogP contribution in [0.15, 0.2) is 12.1 Å². The van der Waals surface area contributed by atoms with Crippen LogP contribution in [0.25, 0.3) is 10.2 Å². The number of nitro groups is 1. The van der Waals surface area contributed by atoms with Gasteiger partial charge in [-0.05, 0) is 54.2 Å². The Balaban J connectivity index is 2.67. The molecule has 0 atom stereocenters. The molecule has 0 spiro atoms. The molecular formula is C10H8Cl2N2O2S. The standard InChI is InChI=1S/C10H8Cl2N2O2S/c1-5-3-6(2)8-7(4-5)17-9(13-8)10(11,12)14(15)16/h3-4H,1-2H3. The number of nitrogens with zero attached hydrogens (tertiary/aromatic N) is 2. The van der Waals surface area contributed by atoms with Crippen molar-refractivity contribution >= 4 is 44.8 Å². The molecule has 0 aliphatic heterocycles. The summed E-state index contributed by atoms with van der Waals surface area (Å²) >= 11 is 12.5. The molecule has 7 heteroatoms. The third-order valence-corrected chi connectivity index (χ3v) is 4.29. The first-order valence-electron chi connectivity index (χ1n) is 4.73. The molecule has 0 N–H and O–H groups in total. The predicted molar refractivity (Wildman–Crippen MR) is 69.5 cm³/mol. The number of fused-ring (bicyclic) bond motifs is 1. The highest BCUT2D eigenvalue weighted by atomic mass is 35.5. The van der Waals surface area contributed by atoms with Crippen molar-refractivity contribution in [2.24, 2.45) is 0 Å². The first-order chi connectivity index (χ1) is 7.82. The average molecular weight is 291 g/mol. The Morgan fingerprint density at radius 3 is 2.65 bits per heavy atom. The Hall–Kier alpha value is -0.910. The Kier molecular flexibility index (Phi) is 3.01. The van der Waals surface area contributed by atoms with E-state index in [1.807, 2.05) is 26.0 Å². The maximum Gasteiger partial charge on any atom is 0.422 e. The molecule has 1 aromatic carbocycles. The third-order valence-electron chi connectivity index (χ3n) is 2.32. The number of hydrogen-bond acceptors (Lipinski definition) is 4. The Labute approximate surface area is 111 Å². The van der Waals surface area contributed by atoms with Gasteiger partial charge in [0.1, 0.15) is 0 Å². The molecule has 4 nitrogen and oxygen atoms in total. The maximum absolute atomic E-state index is 10.8. The van der Waals surface area contributed by atoms with Crippen LogP contribution in [0.4, 0.5) is 0 Å². The molecule has 0 radical (unpaired) electrons. The van der Waals surface area contributed by atoms with Gasteiger partial charge in [-0.15, -0.1) is 11.3 Å². The van der Waals surface area contributed by atoms with Gasteiger partial charge in [-0.1, -0.05) is 6.07 Å². The van der Waals surface area contributed by atoms with E-state index in [4.69, 9.17) is 23.2 Å². The second-order valence-electron chi connectivity index (χ2n) is 3.75. The van der Waals surface area contributed by atoms with Crippen LogP contribution in [0.3, 0.4) is 0 Å². The van der Waals surface area contributed by atoms with E-state index >= 15 is 0 Å². The summed E-state index contributed by atoms with van der Waals surface area (Å²) in [7, 11) is 0. The van der Waals surface area contributed by atoms with Gasteiger partial charge in [0.25, 0.3) is 0 Å². The van der Waals surface area contributed by atoms with Crippen LogP contribution < -0.4 is 0 Å². The number of hydrogen-bond donors (Lipinski definition) is 0. The predicted octanol–water partition coefficient (Wildman–Crippen LogP) is 3.78. The van der Waals surface area contributed by atoms with Gasteiger partial charge in [0, 0.05) is 0 Å². The number of rotatable bonds is 2. The molecule has 2 aromatic rings. The fourth-order valence-electron chi connectivity index (χ4n) is 1.58. The lowest BCUT2D eigenvalue weighted by Crippen LogP contribution is -2.21. The molecule has 90 valence electrons. The highest BCUT2D eigenvalue weighted by molar-refractivity contribution is 7.19. The molecule has 0 unspecified atom stereocenters. The van der Waals surface area contributed by atoms with Crippen molar-refractivity contribution in [3.05, 3.63) is 38.4 Å². The summed E-state index contributed by atoms with van der Waals surface area (Å²) in [5.74, 6) is 0. The molecule has 0 fully saturated rings. The SMILES string of the molecule is Cc1cc(C)c2nc(C(Cl)(Cl)[N+](=O)[O-])sc2c1. The van der Waals surface area contributed by atoms with Crippen molar-refractivity contribution in [1.82, 2.24) is 4.98 Å². The van der Waals surface area contributed by atoms with Crippen LogP contribution in [-0.2, 0) is 4.46 Å². The Bertz CT molecular complexity index is 610. The Morgan fingerprint density at radius 2 is 2.06 bits per heavy atom. The van der Waals surface area contributed by atoms with Gasteiger partial charge in [-0.2, -0.15) is 0 Å². The summed E-state index contributed by atoms with van der Waals surface area (Å²) in [4.78, 5) is 14.2. The molecule has 0 bridgehead atoms. The molecule has 0 aliphatic carbocycles. The zero-order valence-corrected chi connectivity index (χ0v) is 11.4. The van der Waals surface area contributed by atoms with Crippen LogP contribution >= 0.6 is 34.5 Å². The molecule has 1 heterocycles. The average Bonchev–Trinajstić information content (AvgIpc) is 2.61. The van der Waals surface area contributed by atoms with Crippen molar-refractivity contribution in [3.63, 3.8) is 0 Å². The minimum atomic E-state index is -2.18. The zero-order valence-electron chi connectivity index (χ0n) is 9.03. The van der Waals surface area contributed by atoms with Gasteiger partial charge < -0.3 is 0 Å². The number of aromatic nitrogens is 1. The number of alkyl halides is 2. The minimum Gasteiger partial charge on any atom is -0.261 e. The van der Waals surface area contributed by atoms with Crippen molar-refractivity contribution in [3.8, 4) is 0 Å². The molecular weight excluding hydrogens is 283 g/mol. The lowest BCUT2D eigenvalue weighted by molar-refractivity contribution is -0.522. The zero-order chi connectivity index (χ0) is 12.8. The van der Waals surface area contributed by atoms with E-state index < -0.39 is 9.38 Å². The van der Waals surface area contributed by atoms with Crippen LogP contribution in [0.2, 0.25) is 0 Å². The van der Waals surface area contributed by atoms with Crippen molar-refractivity contribution < 1.29 is 4.92 Å². The summed E-state index contributed by atoms with van der Waals surface area (Å²) in [5, 5.41) is 10.9. The van der Waals surface area contributed by atoms with Crippen LogP contribution in [0.5, 0.6) is 0 Å². The quantitative estimate of drug-likeness (QED) is 0.366. The van der Waals surface area contributed by atoms with Gasteiger partial charge in [0.15, 0.2) is 0 Å². The minimum absolute atomic E-state index is 0.0922. The van der Waals surface area contributed by atoms with Crippen molar-refractivity contribution in [2.75, 3.05) is 0 Å². The van der Waals surface area contributed by atoms with Gasteiger partial charge in [-0.3, -0.25) is 10.1 Å². The normalized spacial score (nSPS) is 12.0. The molecule has 0 saturated heterocycles. The summed E-state index contributed by atoms with van der Waals surface area (Å²) in [5.41, 5.74) is 2.74. The second-order valence-corrected chi connectivity index (χ2v) is 6.06. The third kappa shape index (κ3) is 2.10. The van der Waals surface area contributed by atoms with E-state index in [2.05, 4.69) is 4.98 Å². The molecule has 0 saturated carbocycles. The largest absolute Gasteiger partial charge is 0.422 e. The summed E-state index contributed by atoms with van der Waals surface area (Å²) in [6.45, 7) is 3.85. The summed E-state index contributed by atoms with van der Waals surface area (Å²) in [6.07, 6.45) is 0. The highest BCUT2D eigenvalue weighted by Gasteiger charge is 2.44. The van der Waals surface area contributed by atoms with E-state index in [1.165, 1.54) is 0 Å². The van der Waals surface area contributed by atoms with Crippen molar-refractivity contribution in [2.45, 2.75) is 18.3 Å². The van der Waals surface area contributed by atoms with Crippen LogP contribution in [0.1, 0.15) is 16.1 Å². The fourth-order valence-corrected chi connectivity index (χ4v) is 2.98. The molecule has 17 heavy (non-hydrogen) atoms. The smallest absolute Gasteiger partial charge is 0.261 e. The van der Waals surface area contributed by atoms with Crippen LogP contribution in [0, 0.1) is 24.0 Å². The van der Waals surface area contributed by atoms with E-state index in [1.54, 1.807) is 0 Å². The number of halogens is 2. The van der Waals surface area contributed by atoms with Crippen molar-refractivity contribution in [1.29, 1.82) is 0 Å². The van der Waals surface area contributed by atoms with E-state index in [9.17, 15) is 10.1 Å². The van der Waals surface area contributed by atoms with Crippen LogP contribution in [-0.4, -0.2) is 9.91 Å². The van der Waals surface area contributed by atoms with E-state index in [-0.39, 0.29) is 5.01 Å². The molecule has 0 aliphatic rings. The number of thiazole rings is 1. The van der Waals surface area contributed by atoms with Gasteiger partial charge in [0.05, 0.1) is 15.1 Å². The molecule has 0 amide bonds. The summed E-state index contributed by atoms with van der Waals surface area (Å²) < 4.78 is -1.32. The number of benzene rings is 1. The maximum atomic E-state index is 10.8. The summed E-state index contributed by atoms with van der Waals surface area (Å²) in [6, 6.07) is 3.87. The second kappa shape index (κ2) is 4.08. The molecule has 1 aromatic heterocycles. The van der Waals surface area contributed by atoms with Gasteiger partial charge in [0.2, 0.25) is 5.01 Å². The first kappa shape index (κ1) is 12.5. The highest BCUT2D eigenvalue weighted by Crippen LogP contribution is 2.39. The van der Waals surface area contributed by atoms with Gasteiger partial charge >= 0.3 is 4.46 Å². The lowest BCUT2D eigenvalue weighted by atomic mass is 10.1. The molecule has 2 rings (SSSR count). The number of aryl methyl sites for hydroxylation is 2. The first-order valence-corrected chi connectivity index (χ1v) is 6.30.